The molecule has 2 aromatic rings. The Morgan fingerprint density at radius 2 is 2.12 bits per heavy atom. The lowest BCUT2D eigenvalue weighted by Crippen LogP contribution is -2.30. The zero-order valence-corrected chi connectivity index (χ0v) is 16.0. The van der Waals surface area contributed by atoms with Crippen LogP contribution < -0.4 is 4.90 Å². The standard InChI is InChI=1S/C21H27N3S/c1-16-6-4-7-18-14-17(15-19(22)21-8-5-13-25-21)9-10-20(18)24(16)12-11-23(2)3/h5,8-10,13-14,22H,1,4,6-7,11-12,15H2,2-3H3. The van der Waals surface area contributed by atoms with E-state index in [0.717, 1.165) is 37.2 Å². The third-order valence-electron chi connectivity index (χ3n) is 4.70. The number of likely N-dealkylation sites (N-methyl/N-ethyl adjacent to an activating group) is 1. The minimum atomic E-state index is 0.701. The van der Waals surface area contributed by atoms with Crippen LogP contribution in [0.15, 0.2) is 48.0 Å². The number of nitrogens with one attached hydrogen (secondary N) is 1. The summed E-state index contributed by atoms with van der Waals surface area (Å²) in [6.07, 6.45) is 4.00. The molecule has 0 aliphatic carbocycles. The second-order valence-corrected chi connectivity index (χ2v) is 7.92. The van der Waals surface area contributed by atoms with Gasteiger partial charge in [0.1, 0.15) is 0 Å². The van der Waals surface area contributed by atoms with Crippen molar-refractivity contribution in [1.82, 2.24) is 4.90 Å². The molecule has 0 saturated carbocycles. The molecule has 1 aromatic carbocycles. The van der Waals surface area contributed by atoms with E-state index in [4.69, 9.17) is 5.41 Å². The van der Waals surface area contributed by atoms with Crippen molar-refractivity contribution in [2.75, 3.05) is 32.1 Å². The van der Waals surface area contributed by atoms with Gasteiger partial charge in [-0.05, 0) is 62.0 Å². The molecule has 0 amide bonds. The second-order valence-electron chi connectivity index (χ2n) is 6.97. The first-order valence-corrected chi connectivity index (χ1v) is 9.75. The van der Waals surface area contributed by atoms with Crippen LogP contribution >= 0.6 is 11.3 Å². The molecule has 0 bridgehead atoms. The van der Waals surface area contributed by atoms with Crippen molar-refractivity contribution >= 4 is 22.7 Å². The zero-order chi connectivity index (χ0) is 17.8. The van der Waals surface area contributed by atoms with Gasteiger partial charge >= 0.3 is 0 Å². The molecule has 0 fully saturated rings. The summed E-state index contributed by atoms with van der Waals surface area (Å²) >= 11 is 1.64. The highest BCUT2D eigenvalue weighted by molar-refractivity contribution is 7.12. The summed E-state index contributed by atoms with van der Waals surface area (Å²) in [4.78, 5) is 5.67. The van der Waals surface area contributed by atoms with Crippen LogP contribution in [0.5, 0.6) is 0 Å². The fourth-order valence-corrected chi connectivity index (χ4v) is 4.00. The maximum atomic E-state index is 8.33. The van der Waals surface area contributed by atoms with Gasteiger partial charge in [0.05, 0.1) is 5.71 Å². The van der Waals surface area contributed by atoms with Crippen LogP contribution in [0.2, 0.25) is 0 Å². The van der Waals surface area contributed by atoms with Gasteiger partial charge in [-0.2, -0.15) is 0 Å². The first-order valence-electron chi connectivity index (χ1n) is 8.88. The highest BCUT2D eigenvalue weighted by Crippen LogP contribution is 2.32. The van der Waals surface area contributed by atoms with E-state index >= 15 is 0 Å². The van der Waals surface area contributed by atoms with E-state index < -0.39 is 0 Å². The van der Waals surface area contributed by atoms with E-state index in [0.29, 0.717) is 12.1 Å². The van der Waals surface area contributed by atoms with Crippen molar-refractivity contribution in [2.24, 2.45) is 0 Å². The van der Waals surface area contributed by atoms with E-state index in [2.05, 4.69) is 48.7 Å². The number of hydrogen-bond donors (Lipinski definition) is 1. The van der Waals surface area contributed by atoms with E-state index in [1.807, 2.05) is 17.5 Å². The van der Waals surface area contributed by atoms with Gasteiger partial charge in [0.2, 0.25) is 0 Å². The lowest BCUT2D eigenvalue weighted by atomic mass is 10.0. The van der Waals surface area contributed by atoms with Gasteiger partial charge in [0.15, 0.2) is 0 Å². The van der Waals surface area contributed by atoms with Crippen LogP contribution in [0.25, 0.3) is 0 Å². The summed E-state index contributed by atoms with van der Waals surface area (Å²) in [5.74, 6) is 0. The number of thiophene rings is 1. The molecule has 1 aliphatic heterocycles. The second kappa shape index (κ2) is 7.98. The molecule has 4 heteroatoms. The average Bonchev–Trinajstić information content (AvgIpc) is 3.06. The topological polar surface area (TPSA) is 30.3 Å². The summed E-state index contributed by atoms with van der Waals surface area (Å²) in [5.41, 5.74) is 5.86. The van der Waals surface area contributed by atoms with Crippen molar-refractivity contribution < 1.29 is 0 Å². The zero-order valence-electron chi connectivity index (χ0n) is 15.2. The van der Waals surface area contributed by atoms with Crippen LogP contribution in [0.3, 0.4) is 0 Å². The number of allylic oxidation sites excluding steroid dienone is 1. The Balaban J connectivity index is 1.81. The molecule has 3 nitrogen and oxygen atoms in total. The predicted octanol–water partition coefficient (Wildman–Crippen LogP) is 4.58. The maximum Gasteiger partial charge on any atom is 0.0529 e. The molecule has 1 aliphatic rings. The van der Waals surface area contributed by atoms with Gasteiger partial charge in [-0.3, -0.25) is 0 Å². The van der Waals surface area contributed by atoms with Gasteiger partial charge in [-0.25, -0.2) is 0 Å². The number of aryl methyl sites for hydroxylation is 1. The van der Waals surface area contributed by atoms with Crippen molar-refractivity contribution in [3.05, 3.63) is 64.0 Å². The normalized spacial score (nSPS) is 14.5. The third kappa shape index (κ3) is 4.39. The van der Waals surface area contributed by atoms with Crippen LogP contribution in [-0.2, 0) is 12.8 Å². The molecule has 1 N–H and O–H groups in total. The van der Waals surface area contributed by atoms with E-state index in [1.54, 1.807) is 11.3 Å². The Labute approximate surface area is 155 Å². The molecule has 25 heavy (non-hydrogen) atoms. The fourth-order valence-electron chi connectivity index (χ4n) is 3.32. The van der Waals surface area contributed by atoms with Crippen molar-refractivity contribution in [1.29, 1.82) is 5.41 Å². The fraction of sp³-hybridized carbons (Fsp3) is 0.381. The average molecular weight is 354 g/mol. The summed E-state index contributed by atoms with van der Waals surface area (Å²) in [7, 11) is 4.22. The SMILES string of the molecule is C=C1CCCc2cc(CC(=N)c3cccs3)ccc2N1CCN(C)C. The molecule has 2 heterocycles. The molecule has 132 valence electrons. The summed E-state index contributed by atoms with van der Waals surface area (Å²) in [5, 5.41) is 10.4. The molecule has 0 radical (unpaired) electrons. The number of rotatable bonds is 6. The Hall–Kier alpha value is -1.91. The van der Waals surface area contributed by atoms with Gasteiger partial charge in [0.25, 0.3) is 0 Å². The number of hydrogen-bond acceptors (Lipinski definition) is 4. The highest BCUT2D eigenvalue weighted by atomic mass is 32.1. The first-order chi connectivity index (χ1) is 12.0. The Morgan fingerprint density at radius 3 is 2.84 bits per heavy atom. The number of nitrogens with zero attached hydrogens (tertiary/aromatic N) is 2. The van der Waals surface area contributed by atoms with Crippen molar-refractivity contribution in [3.63, 3.8) is 0 Å². The molecule has 3 rings (SSSR count). The highest BCUT2D eigenvalue weighted by Gasteiger charge is 2.19. The minimum Gasteiger partial charge on any atom is -0.344 e. The molecule has 0 saturated heterocycles. The molecular formula is C21H27N3S. The summed E-state index contributed by atoms with van der Waals surface area (Å²) in [6, 6.07) is 10.8. The van der Waals surface area contributed by atoms with Gasteiger partial charge in [-0.15, -0.1) is 11.3 Å². The maximum absolute atomic E-state index is 8.33. The Morgan fingerprint density at radius 1 is 1.28 bits per heavy atom. The lowest BCUT2D eigenvalue weighted by Gasteiger charge is -2.28. The summed E-state index contributed by atoms with van der Waals surface area (Å²) in [6.45, 7) is 6.30. The van der Waals surface area contributed by atoms with Crippen molar-refractivity contribution in [3.8, 4) is 0 Å². The molecule has 0 spiro atoms. The first kappa shape index (κ1) is 17.9. The lowest BCUT2D eigenvalue weighted by molar-refractivity contribution is 0.416. The van der Waals surface area contributed by atoms with Crippen LogP contribution in [0.1, 0.15) is 28.8 Å². The van der Waals surface area contributed by atoms with E-state index in [1.165, 1.54) is 22.5 Å². The predicted molar refractivity (Wildman–Crippen MR) is 109 cm³/mol. The minimum absolute atomic E-state index is 0.701. The summed E-state index contributed by atoms with van der Waals surface area (Å²) < 4.78 is 0. The van der Waals surface area contributed by atoms with Gasteiger partial charge in [-0.1, -0.05) is 24.8 Å². The molecule has 0 atom stereocenters. The van der Waals surface area contributed by atoms with Crippen molar-refractivity contribution in [2.45, 2.75) is 25.7 Å². The number of benzene rings is 1. The number of anilines is 1. The van der Waals surface area contributed by atoms with Gasteiger partial charge < -0.3 is 15.2 Å². The van der Waals surface area contributed by atoms with Crippen LogP contribution in [-0.4, -0.2) is 37.8 Å². The third-order valence-corrected chi connectivity index (χ3v) is 5.63. The molecular weight excluding hydrogens is 326 g/mol. The van der Waals surface area contributed by atoms with Crippen LogP contribution in [0, 0.1) is 5.41 Å². The van der Waals surface area contributed by atoms with Crippen LogP contribution in [0.4, 0.5) is 5.69 Å². The molecule has 1 aromatic heterocycles. The Bertz CT molecular complexity index is 747. The monoisotopic (exact) mass is 353 g/mol. The van der Waals surface area contributed by atoms with E-state index in [-0.39, 0.29) is 0 Å². The Kier molecular flexibility index (Phi) is 5.71. The quantitative estimate of drug-likeness (QED) is 0.771. The molecule has 0 unspecified atom stereocenters. The number of fused-ring (bicyclic) bond motifs is 1. The van der Waals surface area contributed by atoms with Gasteiger partial charge in [0, 0.05) is 35.8 Å². The van der Waals surface area contributed by atoms with E-state index in [9.17, 15) is 0 Å². The smallest absolute Gasteiger partial charge is 0.0529 e. The largest absolute Gasteiger partial charge is 0.344 e.